The fourth-order valence-corrected chi connectivity index (χ4v) is 4.10. The smallest absolute Gasteiger partial charge is 0.331 e. The number of allylic oxidation sites excluding steroid dienone is 1. The van der Waals surface area contributed by atoms with Crippen LogP contribution in [0, 0.1) is 12.3 Å². The summed E-state index contributed by atoms with van der Waals surface area (Å²) in [6.07, 6.45) is 4.30. The van der Waals surface area contributed by atoms with Gasteiger partial charge in [-0.3, -0.25) is 0 Å². The summed E-state index contributed by atoms with van der Waals surface area (Å²) in [5.41, 5.74) is 0.977. The van der Waals surface area contributed by atoms with Gasteiger partial charge >= 0.3 is 5.97 Å². The average Bonchev–Trinajstić information content (AvgIpc) is 2.86. The summed E-state index contributed by atoms with van der Waals surface area (Å²) in [6.45, 7) is 8.98. The molecule has 5 heteroatoms. The van der Waals surface area contributed by atoms with Gasteiger partial charge in [-0.25, -0.2) is 4.79 Å². The van der Waals surface area contributed by atoms with Crippen LogP contribution >= 0.6 is 0 Å². The number of carbonyl (C=O) groups is 1. The largest absolute Gasteiger partial charge is 0.468 e. The molecule has 0 aromatic carbocycles. The molecule has 2 aliphatic rings. The molecular formula is C20H26O5. The van der Waals surface area contributed by atoms with Crippen LogP contribution in [0.2, 0.25) is 0 Å². The van der Waals surface area contributed by atoms with Crippen LogP contribution in [0.3, 0.4) is 0 Å². The number of aliphatic hydroxyl groups is 2. The Morgan fingerprint density at radius 3 is 2.72 bits per heavy atom. The summed E-state index contributed by atoms with van der Waals surface area (Å²) in [4.78, 5) is 12.1. The summed E-state index contributed by atoms with van der Waals surface area (Å²) < 4.78 is 11.1. The van der Waals surface area contributed by atoms with E-state index in [0.717, 1.165) is 28.0 Å². The Hall–Kier alpha value is -1.85. The molecule has 4 unspecified atom stereocenters. The molecule has 1 aromatic rings. The molecule has 4 atom stereocenters. The molecule has 2 N–H and O–H groups in total. The Balaban J connectivity index is 2.00. The highest BCUT2D eigenvalue weighted by molar-refractivity contribution is 5.82. The fraction of sp³-hybridized carbons (Fsp3) is 0.550. The molecular weight excluding hydrogens is 320 g/mol. The van der Waals surface area contributed by atoms with Gasteiger partial charge in [-0.1, -0.05) is 24.1 Å². The van der Waals surface area contributed by atoms with Gasteiger partial charge in [0, 0.05) is 24.5 Å². The van der Waals surface area contributed by atoms with Crippen molar-refractivity contribution < 1.29 is 24.2 Å². The van der Waals surface area contributed by atoms with E-state index in [2.05, 4.69) is 0 Å². The minimum atomic E-state index is -1.41. The monoisotopic (exact) mass is 346 g/mol. The van der Waals surface area contributed by atoms with Gasteiger partial charge in [-0.05, 0) is 33.3 Å². The SMILES string of the molecule is CC(C)=CC(=O)OC1CC=C2Cc3occ(C)c3C(O)C2(C)C1(C)O. The Labute approximate surface area is 148 Å². The summed E-state index contributed by atoms with van der Waals surface area (Å²) >= 11 is 0. The van der Waals surface area contributed by atoms with E-state index in [9.17, 15) is 15.0 Å². The van der Waals surface area contributed by atoms with Crippen LogP contribution in [0.15, 0.2) is 34.0 Å². The van der Waals surface area contributed by atoms with Gasteiger partial charge in [0.2, 0.25) is 0 Å². The highest BCUT2D eigenvalue weighted by Gasteiger charge is 2.60. The van der Waals surface area contributed by atoms with Crippen molar-refractivity contribution in [3.05, 3.63) is 46.4 Å². The number of ether oxygens (including phenoxy) is 1. The maximum atomic E-state index is 12.1. The zero-order chi connectivity index (χ0) is 18.6. The zero-order valence-electron chi connectivity index (χ0n) is 15.4. The third-order valence-electron chi connectivity index (χ3n) is 5.86. The molecule has 0 spiro atoms. The van der Waals surface area contributed by atoms with E-state index < -0.39 is 29.2 Å². The van der Waals surface area contributed by atoms with Crippen molar-refractivity contribution >= 4 is 5.97 Å². The normalized spacial score (nSPS) is 33.8. The highest BCUT2D eigenvalue weighted by Crippen LogP contribution is 2.58. The van der Waals surface area contributed by atoms with Crippen LogP contribution in [-0.4, -0.2) is 27.9 Å². The second-order valence-electron chi connectivity index (χ2n) is 7.80. The van der Waals surface area contributed by atoms with Gasteiger partial charge in [0.1, 0.15) is 17.5 Å². The van der Waals surface area contributed by atoms with Crippen LogP contribution in [0.1, 0.15) is 57.1 Å². The Morgan fingerprint density at radius 1 is 1.40 bits per heavy atom. The van der Waals surface area contributed by atoms with Crippen molar-refractivity contribution in [1.29, 1.82) is 0 Å². The first-order valence-corrected chi connectivity index (χ1v) is 8.61. The van der Waals surface area contributed by atoms with Crippen LogP contribution in [-0.2, 0) is 16.0 Å². The molecule has 1 heterocycles. The lowest BCUT2D eigenvalue weighted by Crippen LogP contribution is -2.60. The van der Waals surface area contributed by atoms with E-state index in [1.54, 1.807) is 13.2 Å². The van der Waals surface area contributed by atoms with Crippen molar-refractivity contribution in [1.82, 2.24) is 0 Å². The first kappa shape index (κ1) is 18.0. The van der Waals surface area contributed by atoms with E-state index in [0.29, 0.717) is 12.8 Å². The molecule has 0 saturated heterocycles. The standard InChI is InChI=1S/C20H26O5/c1-11(2)8-16(21)25-15-7-6-13-9-14-17(12(3)10-24-14)18(22)19(13,4)20(15,5)23/h6,8,10,15,18,22-23H,7,9H2,1-5H3. The number of hydrogen-bond acceptors (Lipinski definition) is 5. The summed E-state index contributed by atoms with van der Waals surface area (Å²) in [6, 6.07) is 0. The number of esters is 1. The Kier molecular flexibility index (Phi) is 4.20. The number of carbonyl (C=O) groups excluding carboxylic acids is 1. The lowest BCUT2D eigenvalue weighted by atomic mass is 9.55. The molecule has 1 aromatic heterocycles. The number of rotatable bonds is 2. The number of aliphatic hydroxyl groups excluding tert-OH is 1. The highest BCUT2D eigenvalue weighted by atomic mass is 16.6. The molecule has 3 rings (SSSR count). The first-order valence-electron chi connectivity index (χ1n) is 8.61. The maximum absolute atomic E-state index is 12.1. The van der Waals surface area contributed by atoms with Gasteiger partial charge < -0.3 is 19.4 Å². The number of furan rings is 1. The predicted octanol–water partition coefficient (Wildman–Crippen LogP) is 3.14. The minimum Gasteiger partial charge on any atom is -0.468 e. The molecule has 0 fully saturated rings. The molecule has 25 heavy (non-hydrogen) atoms. The van der Waals surface area contributed by atoms with E-state index in [-0.39, 0.29) is 0 Å². The van der Waals surface area contributed by atoms with Crippen molar-refractivity contribution in [2.45, 2.75) is 65.3 Å². The Morgan fingerprint density at radius 2 is 2.08 bits per heavy atom. The number of fused-ring (bicyclic) bond motifs is 2. The first-order chi connectivity index (χ1) is 11.6. The van der Waals surface area contributed by atoms with Gasteiger partial charge in [0.05, 0.1) is 17.8 Å². The Bertz CT molecular complexity index is 763. The predicted molar refractivity (Wildman–Crippen MR) is 92.9 cm³/mol. The van der Waals surface area contributed by atoms with E-state index >= 15 is 0 Å². The van der Waals surface area contributed by atoms with Crippen molar-refractivity contribution in [2.24, 2.45) is 5.41 Å². The lowest BCUT2D eigenvalue weighted by Gasteiger charge is -2.54. The quantitative estimate of drug-likeness (QED) is 0.488. The topological polar surface area (TPSA) is 79.9 Å². The number of hydrogen-bond donors (Lipinski definition) is 2. The molecule has 0 saturated carbocycles. The van der Waals surface area contributed by atoms with E-state index in [4.69, 9.17) is 9.15 Å². The van der Waals surface area contributed by atoms with Crippen molar-refractivity contribution in [3.8, 4) is 0 Å². The van der Waals surface area contributed by atoms with Crippen LogP contribution in [0.5, 0.6) is 0 Å². The molecule has 5 nitrogen and oxygen atoms in total. The second-order valence-corrected chi connectivity index (χ2v) is 7.80. The van der Waals surface area contributed by atoms with Crippen molar-refractivity contribution in [2.75, 3.05) is 0 Å². The third kappa shape index (κ3) is 2.57. The van der Waals surface area contributed by atoms with Gasteiger partial charge in [0.25, 0.3) is 0 Å². The van der Waals surface area contributed by atoms with Gasteiger partial charge in [-0.15, -0.1) is 0 Å². The molecule has 0 radical (unpaired) electrons. The summed E-state index contributed by atoms with van der Waals surface area (Å²) in [7, 11) is 0. The zero-order valence-corrected chi connectivity index (χ0v) is 15.4. The van der Waals surface area contributed by atoms with Gasteiger partial charge in [0.15, 0.2) is 0 Å². The van der Waals surface area contributed by atoms with Crippen LogP contribution in [0.4, 0.5) is 0 Å². The summed E-state index contributed by atoms with van der Waals surface area (Å²) in [5, 5.41) is 22.5. The molecule has 0 bridgehead atoms. The third-order valence-corrected chi connectivity index (χ3v) is 5.86. The molecule has 136 valence electrons. The average molecular weight is 346 g/mol. The number of aryl methyl sites for hydroxylation is 1. The van der Waals surface area contributed by atoms with Gasteiger partial charge in [-0.2, -0.15) is 0 Å². The van der Waals surface area contributed by atoms with E-state index in [1.807, 2.05) is 33.8 Å². The fourth-order valence-electron chi connectivity index (χ4n) is 4.10. The molecule has 0 amide bonds. The van der Waals surface area contributed by atoms with E-state index in [1.165, 1.54) is 6.08 Å². The van der Waals surface area contributed by atoms with Crippen LogP contribution < -0.4 is 0 Å². The maximum Gasteiger partial charge on any atom is 0.331 e. The lowest BCUT2D eigenvalue weighted by molar-refractivity contribution is -0.194. The van der Waals surface area contributed by atoms with Crippen LogP contribution in [0.25, 0.3) is 0 Å². The second kappa shape index (κ2) is 5.85. The summed E-state index contributed by atoms with van der Waals surface area (Å²) in [5.74, 6) is 0.265. The molecule has 2 aliphatic carbocycles. The van der Waals surface area contributed by atoms with Crippen molar-refractivity contribution in [3.63, 3.8) is 0 Å². The molecule has 0 aliphatic heterocycles. The minimum absolute atomic E-state index is 0.405.